The first kappa shape index (κ1) is 22.7. The van der Waals surface area contributed by atoms with E-state index in [9.17, 15) is 0 Å². The van der Waals surface area contributed by atoms with Crippen LogP contribution in [0.2, 0.25) is 0 Å². The molecule has 2 nitrogen and oxygen atoms in total. The molecule has 0 saturated carbocycles. The normalized spacial score (nSPS) is 14.4. The first-order valence-electron chi connectivity index (χ1n) is 10.3. The molecule has 0 aromatic heterocycles. The van der Waals surface area contributed by atoms with Gasteiger partial charge in [-0.1, -0.05) is 83.3 Å². The van der Waals surface area contributed by atoms with E-state index in [1.807, 2.05) is 6.92 Å². The molecule has 0 aromatic rings. The minimum Gasteiger partial charge on any atom is -0.327 e. The molecule has 23 heavy (non-hydrogen) atoms. The van der Waals surface area contributed by atoms with Crippen molar-refractivity contribution in [1.29, 1.82) is 0 Å². The highest BCUT2D eigenvalue weighted by Gasteiger charge is 2.06. The van der Waals surface area contributed by atoms with Gasteiger partial charge in [0.05, 0.1) is 0 Å². The molecule has 0 amide bonds. The highest BCUT2D eigenvalue weighted by molar-refractivity contribution is 4.81. The van der Waals surface area contributed by atoms with E-state index in [1.165, 1.54) is 89.9 Å². The van der Waals surface area contributed by atoms with Gasteiger partial charge in [-0.15, -0.1) is 0 Å². The van der Waals surface area contributed by atoms with Crippen LogP contribution in [0.3, 0.4) is 0 Å². The fraction of sp³-hybridized carbons (Fsp3) is 0.905. The molecule has 2 unspecified atom stereocenters. The summed E-state index contributed by atoms with van der Waals surface area (Å²) in [5.41, 5.74) is 11.7. The van der Waals surface area contributed by atoms with Gasteiger partial charge < -0.3 is 11.5 Å². The number of hydrogen-bond donors (Lipinski definition) is 2. The van der Waals surface area contributed by atoms with Crippen molar-refractivity contribution in [2.24, 2.45) is 11.5 Å². The average molecular weight is 325 g/mol. The summed E-state index contributed by atoms with van der Waals surface area (Å²) < 4.78 is 0. The Morgan fingerprint density at radius 2 is 1.09 bits per heavy atom. The standard InChI is InChI=1S/C21H44N2/c1-3-4-5-6-7-8-9-10-11-12-13-14-15-16-17-18-19-21(23)20(2)22/h10-11,20-21H,3-9,12-19,22-23H2,1-2H3. The van der Waals surface area contributed by atoms with Crippen LogP contribution in [0.5, 0.6) is 0 Å². The van der Waals surface area contributed by atoms with Crippen LogP contribution in [-0.4, -0.2) is 12.1 Å². The van der Waals surface area contributed by atoms with Crippen LogP contribution in [0, 0.1) is 0 Å². The molecule has 0 aliphatic carbocycles. The lowest BCUT2D eigenvalue weighted by Crippen LogP contribution is -2.38. The van der Waals surface area contributed by atoms with E-state index in [-0.39, 0.29) is 12.1 Å². The van der Waals surface area contributed by atoms with Gasteiger partial charge in [-0.05, 0) is 39.0 Å². The van der Waals surface area contributed by atoms with Crippen LogP contribution >= 0.6 is 0 Å². The predicted octanol–water partition coefficient (Wildman–Crippen LogP) is 6.09. The molecule has 0 saturated heterocycles. The van der Waals surface area contributed by atoms with Crippen LogP contribution in [-0.2, 0) is 0 Å². The van der Waals surface area contributed by atoms with E-state index in [1.54, 1.807) is 0 Å². The number of unbranched alkanes of at least 4 members (excludes halogenated alkanes) is 12. The van der Waals surface area contributed by atoms with Crippen molar-refractivity contribution in [1.82, 2.24) is 0 Å². The fourth-order valence-corrected chi connectivity index (χ4v) is 2.89. The summed E-state index contributed by atoms with van der Waals surface area (Å²) in [7, 11) is 0. The summed E-state index contributed by atoms with van der Waals surface area (Å²) in [6, 6.07) is 0.324. The second kappa shape index (κ2) is 18.0. The van der Waals surface area contributed by atoms with Crippen molar-refractivity contribution < 1.29 is 0 Å². The van der Waals surface area contributed by atoms with Crippen molar-refractivity contribution in [3.05, 3.63) is 12.2 Å². The van der Waals surface area contributed by atoms with Crippen LogP contribution in [0.15, 0.2) is 12.2 Å². The van der Waals surface area contributed by atoms with E-state index in [0.717, 1.165) is 6.42 Å². The molecule has 138 valence electrons. The molecule has 0 rings (SSSR count). The molecule has 0 spiro atoms. The van der Waals surface area contributed by atoms with Gasteiger partial charge in [-0.25, -0.2) is 0 Å². The molecule has 0 heterocycles. The second-order valence-corrected chi connectivity index (χ2v) is 7.25. The zero-order valence-electron chi connectivity index (χ0n) is 16.1. The summed E-state index contributed by atoms with van der Waals surface area (Å²) in [5, 5.41) is 0. The van der Waals surface area contributed by atoms with E-state index >= 15 is 0 Å². The number of allylic oxidation sites excluding steroid dienone is 2. The van der Waals surface area contributed by atoms with E-state index < -0.39 is 0 Å². The molecule has 0 radical (unpaired) electrons. The zero-order chi connectivity index (χ0) is 17.2. The van der Waals surface area contributed by atoms with Gasteiger partial charge in [0.1, 0.15) is 0 Å². The average Bonchev–Trinajstić information content (AvgIpc) is 2.54. The monoisotopic (exact) mass is 324 g/mol. The Labute approximate surface area is 146 Å². The second-order valence-electron chi connectivity index (χ2n) is 7.25. The highest BCUT2D eigenvalue weighted by atomic mass is 14.8. The maximum absolute atomic E-state index is 5.94. The minimum atomic E-state index is 0.137. The third-order valence-electron chi connectivity index (χ3n) is 4.72. The zero-order valence-corrected chi connectivity index (χ0v) is 16.1. The van der Waals surface area contributed by atoms with Gasteiger partial charge in [0.25, 0.3) is 0 Å². The Morgan fingerprint density at radius 3 is 1.57 bits per heavy atom. The molecule has 0 bridgehead atoms. The summed E-state index contributed by atoms with van der Waals surface area (Å²) in [4.78, 5) is 0. The number of nitrogens with two attached hydrogens (primary N) is 2. The van der Waals surface area contributed by atoms with Crippen LogP contribution < -0.4 is 11.5 Å². The van der Waals surface area contributed by atoms with Crippen LogP contribution in [0.4, 0.5) is 0 Å². The first-order chi connectivity index (χ1) is 11.2. The van der Waals surface area contributed by atoms with Gasteiger partial charge in [0, 0.05) is 12.1 Å². The summed E-state index contributed by atoms with van der Waals surface area (Å²) in [5.74, 6) is 0. The van der Waals surface area contributed by atoms with Crippen molar-refractivity contribution in [3.63, 3.8) is 0 Å². The number of hydrogen-bond acceptors (Lipinski definition) is 2. The van der Waals surface area contributed by atoms with Crippen LogP contribution in [0.25, 0.3) is 0 Å². The molecule has 4 N–H and O–H groups in total. The summed E-state index contributed by atoms with van der Waals surface area (Å²) >= 11 is 0. The first-order valence-corrected chi connectivity index (χ1v) is 10.3. The van der Waals surface area contributed by atoms with Gasteiger partial charge in [-0.2, -0.15) is 0 Å². The summed E-state index contributed by atoms with van der Waals surface area (Å²) in [6.45, 7) is 4.28. The van der Waals surface area contributed by atoms with E-state index in [0.29, 0.717) is 0 Å². The topological polar surface area (TPSA) is 52.0 Å². The lowest BCUT2D eigenvalue weighted by Gasteiger charge is -2.14. The smallest absolute Gasteiger partial charge is 0.0189 e. The quantitative estimate of drug-likeness (QED) is 0.251. The van der Waals surface area contributed by atoms with Gasteiger partial charge in [0.2, 0.25) is 0 Å². The Kier molecular flexibility index (Phi) is 17.7. The molecular weight excluding hydrogens is 280 g/mol. The molecular formula is C21H44N2. The molecule has 2 heteroatoms. The van der Waals surface area contributed by atoms with Crippen molar-refractivity contribution in [2.75, 3.05) is 0 Å². The largest absolute Gasteiger partial charge is 0.327 e. The van der Waals surface area contributed by atoms with Gasteiger partial charge in [-0.3, -0.25) is 0 Å². The van der Waals surface area contributed by atoms with Crippen LogP contribution in [0.1, 0.15) is 110 Å². The molecule has 0 fully saturated rings. The molecule has 0 aliphatic heterocycles. The van der Waals surface area contributed by atoms with Gasteiger partial charge >= 0.3 is 0 Å². The SMILES string of the molecule is CCCCCCCCC=CCCCCCCCCC(N)C(C)N. The van der Waals surface area contributed by atoms with E-state index in [4.69, 9.17) is 11.5 Å². The maximum atomic E-state index is 5.94. The van der Waals surface area contributed by atoms with Crippen molar-refractivity contribution in [2.45, 2.75) is 122 Å². The Bertz CT molecular complexity index is 248. The lowest BCUT2D eigenvalue weighted by molar-refractivity contribution is 0.484. The van der Waals surface area contributed by atoms with Crippen molar-refractivity contribution >= 4 is 0 Å². The molecule has 2 atom stereocenters. The maximum Gasteiger partial charge on any atom is 0.0189 e. The summed E-state index contributed by atoms with van der Waals surface area (Å²) in [6.07, 6.45) is 24.8. The Hall–Kier alpha value is -0.340. The Balaban J connectivity index is 3.13. The number of rotatable bonds is 17. The molecule has 0 aromatic carbocycles. The third kappa shape index (κ3) is 17.8. The lowest BCUT2D eigenvalue weighted by atomic mass is 10.0. The Morgan fingerprint density at radius 1 is 0.652 bits per heavy atom. The third-order valence-corrected chi connectivity index (χ3v) is 4.72. The fourth-order valence-electron chi connectivity index (χ4n) is 2.89. The van der Waals surface area contributed by atoms with Crippen molar-refractivity contribution in [3.8, 4) is 0 Å². The van der Waals surface area contributed by atoms with E-state index in [2.05, 4.69) is 19.1 Å². The molecule has 0 aliphatic rings. The minimum absolute atomic E-state index is 0.137. The highest BCUT2D eigenvalue weighted by Crippen LogP contribution is 2.11. The van der Waals surface area contributed by atoms with Gasteiger partial charge in [0.15, 0.2) is 0 Å². The predicted molar refractivity (Wildman–Crippen MR) is 106 cm³/mol.